The highest BCUT2D eigenvalue weighted by Gasteiger charge is 2.44. The lowest BCUT2D eigenvalue weighted by Gasteiger charge is -2.46. The second-order valence-electron chi connectivity index (χ2n) is 7.30. The Bertz CT molecular complexity index is 580. The third kappa shape index (κ3) is 3.63. The van der Waals surface area contributed by atoms with Gasteiger partial charge in [0.2, 0.25) is 0 Å². The number of hydrogen-bond donors (Lipinski definition) is 1. The molecule has 0 saturated carbocycles. The second-order valence-corrected chi connectivity index (χ2v) is 7.30. The summed E-state index contributed by atoms with van der Waals surface area (Å²) in [6.45, 7) is 2.84. The molecule has 1 spiro atoms. The molecule has 1 amide bonds. The molecule has 2 heterocycles. The average molecular weight is 332 g/mol. The molecule has 2 saturated heterocycles. The van der Waals surface area contributed by atoms with Crippen LogP contribution in [0.25, 0.3) is 0 Å². The number of ether oxygens (including phenoxy) is 1. The van der Waals surface area contributed by atoms with Crippen molar-refractivity contribution in [2.24, 2.45) is 0 Å². The van der Waals surface area contributed by atoms with E-state index in [0.717, 1.165) is 50.0 Å². The van der Waals surface area contributed by atoms with Crippen LogP contribution >= 0.6 is 0 Å². The first kappa shape index (κ1) is 17.4. The maximum absolute atomic E-state index is 12.8. The molecule has 1 N–H and O–H groups in total. The summed E-state index contributed by atoms with van der Waals surface area (Å²) in [5.41, 5.74) is 1.46. The van der Waals surface area contributed by atoms with Crippen LogP contribution in [0, 0.1) is 0 Å². The fourth-order valence-corrected chi connectivity index (χ4v) is 3.83. The van der Waals surface area contributed by atoms with Gasteiger partial charge in [-0.05, 0) is 57.5 Å². The fraction of sp³-hybridized carbons (Fsp3) is 0.632. The van der Waals surface area contributed by atoms with Gasteiger partial charge in [-0.2, -0.15) is 0 Å². The van der Waals surface area contributed by atoms with E-state index in [0.29, 0.717) is 13.1 Å². The number of piperidine rings is 1. The Labute approximate surface area is 144 Å². The highest BCUT2D eigenvalue weighted by atomic mass is 16.5. The summed E-state index contributed by atoms with van der Waals surface area (Å²) in [6.07, 6.45) is 2.77. The Morgan fingerprint density at radius 2 is 2.12 bits per heavy atom. The molecule has 1 aromatic rings. The topological polar surface area (TPSA) is 53.0 Å². The van der Waals surface area contributed by atoms with Crippen molar-refractivity contribution in [3.05, 3.63) is 35.4 Å². The maximum atomic E-state index is 12.8. The van der Waals surface area contributed by atoms with Crippen LogP contribution in [0.15, 0.2) is 24.3 Å². The third-order valence-electron chi connectivity index (χ3n) is 5.19. The fourth-order valence-electron chi connectivity index (χ4n) is 3.83. The highest BCUT2D eigenvalue weighted by Crippen LogP contribution is 2.35. The summed E-state index contributed by atoms with van der Waals surface area (Å²) in [7, 11) is 4.04. The van der Waals surface area contributed by atoms with E-state index in [9.17, 15) is 9.90 Å². The number of amides is 1. The Morgan fingerprint density at radius 1 is 1.38 bits per heavy atom. The minimum atomic E-state index is -0.429. The van der Waals surface area contributed by atoms with Gasteiger partial charge in [-0.25, -0.2) is 0 Å². The third-order valence-corrected chi connectivity index (χ3v) is 5.19. The van der Waals surface area contributed by atoms with E-state index in [4.69, 9.17) is 4.74 Å². The predicted molar refractivity (Wildman–Crippen MR) is 92.9 cm³/mol. The molecule has 0 aromatic heterocycles. The van der Waals surface area contributed by atoms with Crippen molar-refractivity contribution in [2.45, 2.75) is 43.9 Å². The summed E-state index contributed by atoms with van der Waals surface area (Å²) in [4.78, 5) is 16.8. The lowest BCUT2D eigenvalue weighted by molar-refractivity contribution is -0.174. The van der Waals surface area contributed by atoms with E-state index in [1.165, 1.54) is 0 Å². The van der Waals surface area contributed by atoms with Crippen LogP contribution in [-0.2, 0) is 11.3 Å². The molecule has 2 aliphatic rings. The number of hydrogen-bond acceptors (Lipinski definition) is 4. The first-order valence-corrected chi connectivity index (χ1v) is 8.85. The van der Waals surface area contributed by atoms with Crippen molar-refractivity contribution < 1.29 is 14.6 Å². The summed E-state index contributed by atoms with van der Waals surface area (Å²) >= 11 is 0. The Morgan fingerprint density at radius 3 is 2.79 bits per heavy atom. The minimum absolute atomic E-state index is 0.0794. The lowest BCUT2D eigenvalue weighted by atomic mass is 9.82. The average Bonchev–Trinajstić information content (AvgIpc) is 2.57. The molecule has 0 radical (unpaired) electrons. The molecular weight excluding hydrogens is 304 g/mol. The number of likely N-dealkylation sites (tertiary alicyclic amines) is 1. The SMILES string of the molecule is CN(C)Cc1cccc(C(=O)N2CCC3(CC2)OCCC[C@H]3O)c1. The first-order valence-electron chi connectivity index (χ1n) is 8.85. The molecule has 5 nitrogen and oxygen atoms in total. The zero-order valence-corrected chi connectivity index (χ0v) is 14.7. The van der Waals surface area contributed by atoms with Crippen molar-refractivity contribution in [1.29, 1.82) is 0 Å². The van der Waals surface area contributed by atoms with Crippen LogP contribution in [0.1, 0.15) is 41.6 Å². The van der Waals surface area contributed by atoms with Gasteiger partial charge in [0, 0.05) is 31.8 Å². The highest BCUT2D eigenvalue weighted by molar-refractivity contribution is 5.94. The zero-order chi connectivity index (χ0) is 17.2. The number of carbonyl (C=O) groups excluding carboxylic acids is 1. The standard InChI is InChI=1S/C19H28N2O3/c1-20(2)14-15-5-3-6-16(13-15)18(23)21-10-8-19(9-11-21)17(22)7-4-12-24-19/h3,5-6,13,17,22H,4,7-12,14H2,1-2H3/t17-/m1/s1. The van der Waals surface area contributed by atoms with E-state index in [1.807, 2.05) is 43.3 Å². The van der Waals surface area contributed by atoms with Crippen molar-refractivity contribution in [3.8, 4) is 0 Å². The van der Waals surface area contributed by atoms with Crippen molar-refractivity contribution in [2.75, 3.05) is 33.8 Å². The Hall–Kier alpha value is -1.43. The van der Waals surface area contributed by atoms with Gasteiger partial charge in [0.25, 0.3) is 5.91 Å². The van der Waals surface area contributed by atoms with Crippen LogP contribution in [0.2, 0.25) is 0 Å². The first-order chi connectivity index (χ1) is 11.5. The summed E-state index contributed by atoms with van der Waals surface area (Å²) in [5.74, 6) is 0.0794. The smallest absolute Gasteiger partial charge is 0.253 e. The molecule has 2 aliphatic heterocycles. The zero-order valence-electron chi connectivity index (χ0n) is 14.7. The molecule has 24 heavy (non-hydrogen) atoms. The molecule has 0 bridgehead atoms. The largest absolute Gasteiger partial charge is 0.390 e. The van der Waals surface area contributed by atoms with Crippen LogP contribution in [0.3, 0.4) is 0 Å². The molecule has 5 heteroatoms. The lowest BCUT2D eigenvalue weighted by Crippen LogP contribution is -2.56. The molecule has 2 fully saturated rings. The summed E-state index contributed by atoms with van der Waals surface area (Å²) in [6, 6.07) is 7.87. The van der Waals surface area contributed by atoms with Crippen molar-refractivity contribution in [3.63, 3.8) is 0 Å². The van der Waals surface area contributed by atoms with Crippen LogP contribution in [-0.4, -0.2) is 66.3 Å². The summed E-state index contributed by atoms with van der Waals surface area (Å²) < 4.78 is 5.92. The van der Waals surface area contributed by atoms with Gasteiger partial charge in [0.05, 0.1) is 11.7 Å². The van der Waals surface area contributed by atoms with Gasteiger partial charge >= 0.3 is 0 Å². The number of carbonyl (C=O) groups is 1. The molecule has 3 rings (SSSR count). The van der Waals surface area contributed by atoms with Gasteiger partial charge in [0.1, 0.15) is 0 Å². The number of rotatable bonds is 3. The molecular formula is C19H28N2O3. The normalized spacial score (nSPS) is 23.7. The molecule has 1 atom stereocenters. The molecule has 132 valence electrons. The second kappa shape index (κ2) is 7.21. The number of aliphatic hydroxyl groups is 1. The molecule has 0 aliphatic carbocycles. The number of benzene rings is 1. The maximum Gasteiger partial charge on any atom is 0.253 e. The van der Waals surface area contributed by atoms with Crippen LogP contribution in [0.4, 0.5) is 0 Å². The van der Waals surface area contributed by atoms with Crippen molar-refractivity contribution >= 4 is 5.91 Å². The Kier molecular flexibility index (Phi) is 5.23. The minimum Gasteiger partial charge on any atom is -0.390 e. The molecule has 1 aromatic carbocycles. The number of aliphatic hydroxyl groups excluding tert-OH is 1. The van der Waals surface area contributed by atoms with Crippen LogP contribution in [0.5, 0.6) is 0 Å². The van der Waals surface area contributed by atoms with E-state index in [1.54, 1.807) is 0 Å². The van der Waals surface area contributed by atoms with E-state index in [-0.39, 0.29) is 5.91 Å². The van der Waals surface area contributed by atoms with Gasteiger partial charge in [-0.1, -0.05) is 12.1 Å². The van der Waals surface area contributed by atoms with Crippen LogP contribution < -0.4 is 0 Å². The van der Waals surface area contributed by atoms with Gasteiger partial charge in [-0.3, -0.25) is 4.79 Å². The Balaban J connectivity index is 1.65. The van der Waals surface area contributed by atoms with E-state index < -0.39 is 11.7 Å². The van der Waals surface area contributed by atoms with E-state index >= 15 is 0 Å². The van der Waals surface area contributed by atoms with Gasteiger partial charge < -0.3 is 19.6 Å². The van der Waals surface area contributed by atoms with Gasteiger partial charge in [0.15, 0.2) is 0 Å². The monoisotopic (exact) mass is 332 g/mol. The van der Waals surface area contributed by atoms with E-state index in [2.05, 4.69) is 4.90 Å². The van der Waals surface area contributed by atoms with Crippen molar-refractivity contribution in [1.82, 2.24) is 9.80 Å². The summed E-state index contributed by atoms with van der Waals surface area (Å²) in [5, 5.41) is 10.3. The predicted octanol–water partition coefficient (Wildman–Crippen LogP) is 1.89. The quantitative estimate of drug-likeness (QED) is 0.918. The molecule has 0 unspecified atom stereocenters. The number of nitrogens with zero attached hydrogens (tertiary/aromatic N) is 2. The van der Waals surface area contributed by atoms with Gasteiger partial charge in [-0.15, -0.1) is 0 Å².